The molecular weight excluding hydrogens is 254 g/mol. The van der Waals surface area contributed by atoms with E-state index in [1.165, 1.54) is 5.56 Å². The summed E-state index contributed by atoms with van der Waals surface area (Å²) in [4.78, 5) is 8.20. The summed E-state index contributed by atoms with van der Waals surface area (Å²) in [5.74, 6) is 0.420. The molecule has 0 bridgehead atoms. The van der Waals surface area contributed by atoms with E-state index in [1.54, 1.807) is 0 Å². The number of rotatable bonds is 2. The van der Waals surface area contributed by atoms with Crippen molar-refractivity contribution in [3.63, 3.8) is 0 Å². The van der Waals surface area contributed by atoms with Gasteiger partial charge in [-0.2, -0.15) is 0 Å². The number of nitrogens with one attached hydrogen (secondary N) is 1. The molecule has 0 amide bonds. The average Bonchev–Trinajstić information content (AvgIpc) is 2.79. The molecule has 6 nitrogen and oxygen atoms in total. The van der Waals surface area contributed by atoms with Gasteiger partial charge in [-0.25, -0.2) is 14.6 Å². The van der Waals surface area contributed by atoms with Crippen molar-refractivity contribution in [1.82, 2.24) is 20.3 Å². The van der Waals surface area contributed by atoms with E-state index < -0.39 is 0 Å². The van der Waals surface area contributed by atoms with Gasteiger partial charge in [0.1, 0.15) is 0 Å². The molecule has 2 heterocycles. The van der Waals surface area contributed by atoms with Gasteiger partial charge >= 0.3 is 0 Å². The SMILES string of the molecule is Cc1ccc(Nc2nc3nonc3nc2Cl)cc1. The summed E-state index contributed by atoms with van der Waals surface area (Å²) in [7, 11) is 0. The normalized spacial score (nSPS) is 10.8. The lowest BCUT2D eigenvalue weighted by molar-refractivity contribution is 0.314. The predicted octanol–water partition coefficient (Wildman–Crippen LogP) is 2.72. The Morgan fingerprint density at radius 1 is 1.06 bits per heavy atom. The van der Waals surface area contributed by atoms with Gasteiger partial charge in [-0.15, -0.1) is 0 Å². The van der Waals surface area contributed by atoms with Crippen molar-refractivity contribution in [2.24, 2.45) is 0 Å². The van der Waals surface area contributed by atoms with Crippen LogP contribution in [-0.4, -0.2) is 20.3 Å². The summed E-state index contributed by atoms with van der Waals surface area (Å²) in [6, 6.07) is 7.83. The lowest BCUT2D eigenvalue weighted by atomic mass is 10.2. The molecule has 18 heavy (non-hydrogen) atoms. The Morgan fingerprint density at radius 3 is 2.44 bits per heavy atom. The molecule has 0 aliphatic carbocycles. The third-order valence-corrected chi connectivity index (χ3v) is 2.65. The summed E-state index contributed by atoms with van der Waals surface area (Å²) in [5.41, 5.74) is 2.64. The highest BCUT2D eigenvalue weighted by Crippen LogP contribution is 2.23. The summed E-state index contributed by atoms with van der Waals surface area (Å²) >= 11 is 6.00. The van der Waals surface area contributed by atoms with E-state index in [-0.39, 0.29) is 10.8 Å². The Kier molecular flexibility index (Phi) is 2.56. The Hall–Kier alpha value is -2.21. The minimum atomic E-state index is 0.221. The molecule has 0 fully saturated rings. The Morgan fingerprint density at radius 2 is 1.72 bits per heavy atom. The van der Waals surface area contributed by atoms with Crippen LogP contribution in [0, 0.1) is 6.92 Å². The highest BCUT2D eigenvalue weighted by atomic mass is 35.5. The van der Waals surface area contributed by atoms with Crippen molar-refractivity contribution < 1.29 is 4.63 Å². The van der Waals surface area contributed by atoms with Crippen molar-refractivity contribution in [3.8, 4) is 0 Å². The Balaban J connectivity index is 1.98. The first-order chi connectivity index (χ1) is 8.72. The van der Waals surface area contributed by atoms with Gasteiger partial charge in [-0.3, -0.25) is 0 Å². The number of aromatic nitrogens is 4. The first-order valence-electron chi connectivity index (χ1n) is 5.22. The van der Waals surface area contributed by atoms with E-state index in [4.69, 9.17) is 11.6 Å². The van der Waals surface area contributed by atoms with Gasteiger partial charge in [0.2, 0.25) is 11.3 Å². The molecule has 3 aromatic rings. The second-order valence-electron chi connectivity index (χ2n) is 3.77. The minimum Gasteiger partial charge on any atom is -0.338 e. The van der Waals surface area contributed by atoms with E-state index in [0.717, 1.165) is 5.69 Å². The molecule has 90 valence electrons. The van der Waals surface area contributed by atoms with Crippen LogP contribution < -0.4 is 5.32 Å². The van der Waals surface area contributed by atoms with Crippen molar-refractivity contribution >= 4 is 34.4 Å². The number of fused-ring (bicyclic) bond motifs is 1. The molecule has 7 heteroatoms. The molecule has 0 aliphatic heterocycles. The highest BCUT2D eigenvalue weighted by Gasteiger charge is 2.10. The Labute approximate surface area is 107 Å². The van der Waals surface area contributed by atoms with Crippen LogP contribution in [0.1, 0.15) is 5.56 Å². The summed E-state index contributed by atoms with van der Waals surface area (Å²) in [6.07, 6.45) is 0. The van der Waals surface area contributed by atoms with Gasteiger partial charge in [0.15, 0.2) is 11.0 Å². The second-order valence-corrected chi connectivity index (χ2v) is 4.12. The van der Waals surface area contributed by atoms with Crippen molar-refractivity contribution in [2.45, 2.75) is 6.92 Å². The molecule has 0 saturated carbocycles. The maximum absolute atomic E-state index is 6.00. The van der Waals surface area contributed by atoms with E-state index in [9.17, 15) is 0 Å². The van der Waals surface area contributed by atoms with Gasteiger partial charge in [-0.05, 0) is 29.4 Å². The highest BCUT2D eigenvalue weighted by molar-refractivity contribution is 6.32. The maximum Gasteiger partial charge on any atom is 0.245 e. The molecular formula is C11H8ClN5O. The van der Waals surface area contributed by atoms with Crippen LogP contribution >= 0.6 is 11.6 Å². The first kappa shape index (κ1) is 10.9. The molecule has 0 unspecified atom stereocenters. The van der Waals surface area contributed by atoms with Gasteiger partial charge in [-0.1, -0.05) is 29.3 Å². The van der Waals surface area contributed by atoms with E-state index in [2.05, 4.69) is 30.2 Å². The lowest BCUT2D eigenvalue weighted by Gasteiger charge is -2.06. The van der Waals surface area contributed by atoms with Crippen LogP contribution in [-0.2, 0) is 0 Å². The quantitative estimate of drug-likeness (QED) is 0.764. The summed E-state index contributed by atoms with van der Waals surface area (Å²) in [5, 5.41) is 10.5. The predicted molar refractivity (Wildman–Crippen MR) is 66.9 cm³/mol. The maximum atomic E-state index is 6.00. The fourth-order valence-electron chi connectivity index (χ4n) is 1.47. The fourth-order valence-corrected chi connectivity index (χ4v) is 1.64. The van der Waals surface area contributed by atoms with E-state index >= 15 is 0 Å². The monoisotopic (exact) mass is 261 g/mol. The van der Waals surface area contributed by atoms with E-state index in [0.29, 0.717) is 11.5 Å². The Bertz CT molecular complexity index is 694. The summed E-state index contributed by atoms with van der Waals surface area (Å²) < 4.78 is 4.53. The number of halogens is 1. The second kappa shape index (κ2) is 4.23. The average molecular weight is 262 g/mol. The van der Waals surface area contributed by atoms with Crippen LogP contribution in [0.25, 0.3) is 11.3 Å². The van der Waals surface area contributed by atoms with E-state index in [1.807, 2.05) is 31.2 Å². The largest absolute Gasteiger partial charge is 0.338 e. The number of hydrogen-bond acceptors (Lipinski definition) is 6. The number of anilines is 2. The van der Waals surface area contributed by atoms with Crippen LogP contribution in [0.4, 0.5) is 11.5 Å². The van der Waals surface area contributed by atoms with Crippen LogP contribution in [0.3, 0.4) is 0 Å². The molecule has 1 aromatic carbocycles. The zero-order valence-electron chi connectivity index (χ0n) is 9.38. The number of nitrogens with zero attached hydrogens (tertiary/aromatic N) is 4. The molecule has 0 atom stereocenters. The van der Waals surface area contributed by atoms with Crippen molar-refractivity contribution in [3.05, 3.63) is 35.0 Å². The topological polar surface area (TPSA) is 76.7 Å². The minimum absolute atomic E-state index is 0.221. The van der Waals surface area contributed by atoms with Crippen LogP contribution in [0.2, 0.25) is 5.15 Å². The van der Waals surface area contributed by atoms with Gasteiger partial charge < -0.3 is 5.32 Å². The van der Waals surface area contributed by atoms with Crippen molar-refractivity contribution in [2.75, 3.05) is 5.32 Å². The van der Waals surface area contributed by atoms with Gasteiger partial charge in [0.25, 0.3) is 0 Å². The summed E-state index contributed by atoms with van der Waals surface area (Å²) in [6.45, 7) is 2.02. The standard InChI is InChI=1S/C11H8ClN5O/c1-6-2-4-7(5-3-6)13-9-8(12)14-10-11(15-9)17-18-16-10/h2-5H,1H3,(H,13,15,17). The molecule has 0 saturated heterocycles. The molecule has 0 radical (unpaired) electrons. The lowest BCUT2D eigenvalue weighted by Crippen LogP contribution is -1.97. The van der Waals surface area contributed by atoms with Crippen LogP contribution in [0.15, 0.2) is 28.9 Å². The van der Waals surface area contributed by atoms with Gasteiger partial charge in [0.05, 0.1) is 0 Å². The van der Waals surface area contributed by atoms with Crippen LogP contribution in [0.5, 0.6) is 0 Å². The molecule has 0 aliphatic rings. The zero-order valence-corrected chi connectivity index (χ0v) is 10.1. The van der Waals surface area contributed by atoms with Crippen molar-refractivity contribution in [1.29, 1.82) is 0 Å². The smallest absolute Gasteiger partial charge is 0.245 e. The number of aryl methyl sites for hydroxylation is 1. The zero-order chi connectivity index (χ0) is 12.5. The molecule has 1 N–H and O–H groups in total. The molecule has 2 aromatic heterocycles. The first-order valence-corrected chi connectivity index (χ1v) is 5.60. The third-order valence-electron chi connectivity index (χ3n) is 2.39. The van der Waals surface area contributed by atoms with Gasteiger partial charge in [0, 0.05) is 5.69 Å². The molecule has 0 spiro atoms. The number of hydrogen-bond donors (Lipinski definition) is 1. The number of benzene rings is 1. The molecule has 3 rings (SSSR count). The fraction of sp³-hybridized carbons (Fsp3) is 0.0909. The third kappa shape index (κ3) is 1.98.